The van der Waals surface area contributed by atoms with Crippen molar-refractivity contribution >= 4 is 0 Å². The van der Waals surface area contributed by atoms with Gasteiger partial charge in [-0.1, -0.05) is 12.8 Å². The first-order chi connectivity index (χ1) is 7.62. The largest absolute Gasteiger partial charge is 0.388 e. The molecule has 16 heavy (non-hydrogen) atoms. The van der Waals surface area contributed by atoms with E-state index >= 15 is 0 Å². The topological polar surface area (TPSA) is 49.5 Å². The maximum Gasteiger partial charge on any atom is 0.0867 e. The van der Waals surface area contributed by atoms with Crippen LogP contribution in [0.1, 0.15) is 45.4 Å². The van der Waals surface area contributed by atoms with Crippen LogP contribution in [0, 0.1) is 5.92 Å². The normalized spacial score (nSPS) is 32.1. The molecule has 2 unspecified atom stereocenters. The third kappa shape index (κ3) is 2.76. The number of likely N-dealkylation sites (tertiary alicyclic amines) is 1. The fourth-order valence-corrected chi connectivity index (χ4v) is 3.43. The van der Waals surface area contributed by atoms with E-state index in [0.717, 1.165) is 25.0 Å². The van der Waals surface area contributed by atoms with Gasteiger partial charge in [-0.2, -0.15) is 0 Å². The summed E-state index contributed by atoms with van der Waals surface area (Å²) in [6, 6.07) is 0.723. The highest BCUT2D eigenvalue weighted by Crippen LogP contribution is 2.35. The fourth-order valence-electron chi connectivity index (χ4n) is 3.43. The first-order valence-corrected chi connectivity index (χ1v) is 6.79. The molecule has 3 heteroatoms. The molecule has 1 heterocycles. The van der Waals surface area contributed by atoms with Crippen molar-refractivity contribution in [3.8, 4) is 0 Å². The van der Waals surface area contributed by atoms with E-state index in [2.05, 4.69) is 4.90 Å². The zero-order valence-corrected chi connectivity index (χ0v) is 10.5. The van der Waals surface area contributed by atoms with Gasteiger partial charge < -0.3 is 10.8 Å². The third-order valence-electron chi connectivity index (χ3n) is 4.34. The van der Waals surface area contributed by atoms with Gasteiger partial charge in [-0.15, -0.1) is 0 Å². The number of β-amino-alcohol motifs (C(OH)–C–C–N with tert-alkyl or cyclic N) is 1. The Bertz CT molecular complexity index is 224. The number of hydrogen-bond acceptors (Lipinski definition) is 3. The first kappa shape index (κ1) is 12.3. The van der Waals surface area contributed by atoms with Gasteiger partial charge >= 0.3 is 0 Å². The van der Waals surface area contributed by atoms with Gasteiger partial charge in [0, 0.05) is 19.1 Å². The van der Waals surface area contributed by atoms with Crippen molar-refractivity contribution in [3.63, 3.8) is 0 Å². The van der Waals surface area contributed by atoms with E-state index in [4.69, 9.17) is 5.73 Å². The Balaban J connectivity index is 1.92. The Hall–Kier alpha value is -0.120. The molecule has 1 saturated heterocycles. The Morgan fingerprint density at radius 2 is 1.94 bits per heavy atom. The second-order valence-corrected chi connectivity index (χ2v) is 5.93. The van der Waals surface area contributed by atoms with Crippen molar-refractivity contribution in [2.75, 3.05) is 19.6 Å². The van der Waals surface area contributed by atoms with Gasteiger partial charge in [-0.05, 0) is 45.1 Å². The monoisotopic (exact) mass is 226 g/mol. The molecule has 1 aliphatic heterocycles. The molecule has 0 aromatic carbocycles. The zero-order chi connectivity index (χ0) is 11.6. The highest BCUT2D eigenvalue weighted by molar-refractivity contribution is 4.91. The van der Waals surface area contributed by atoms with Crippen LogP contribution in [0.4, 0.5) is 0 Å². The lowest BCUT2D eigenvalue weighted by Crippen LogP contribution is -2.48. The fraction of sp³-hybridized carbons (Fsp3) is 1.00. The molecule has 0 amide bonds. The first-order valence-electron chi connectivity index (χ1n) is 6.79. The molecule has 0 spiro atoms. The van der Waals surface area contributed by atoms with Crippen LogP contribution in [0.5, 0.6) is 0 Å². The van der Waals surface area contributed by atoms with E-state index in [1.54, 1.807) is 0 Å². The number of rotatable bonds is 4. The summed E-state index contributed by atoms with van der Waals surface area (Å²) in [4.78, 5) is 2.49. The van der Waals surface area contributed by atoms with Crippen LogP contribution in [0.2, 0.25) is 0 Å². The van der Waals surface area contributed by atoms with Gasteiger partial charge in [0.05, 0.1) is 5.60 Å². The van der Waals surface area contributed by atoms with E-state index < -0.39 is 5.60 Å². The quantitative estimate of drug-likeness (QED) is 0.761. The molecule has 1 saturated carbocycles. The van der Waals surface area contributed by atoms with E-state index in [1.807, 2.05) is 6.92 Å². The van der Waals surface area contributed by atoms with E-state index in [9.17, 15) is 5.11 Å². The third-order valence-corrected chi connectivity index (χ3v) is 4.34. The Labute approximate surface area is 99.0 Å². The molecule has 2 rings (SSSR count). The smallest absolute Gasteiger partial charge is 0.0867 e. The predicted octanol–water partition coefficient (Wildman–Crippen LogP) is 1.35. The Morgan fingerprint density at radius 1 is 1.25 bits per heavy atom. The molecule has 0 bridgehead atoms. The highest BCUT2D eigenvalue weighted by Gasteiger charge is 2.36. The van der Waals surface area contributed by atoms with E-state index in [0.29, 0.717) is 6.54 Å². The average Bonchev–Trinajstić information content (AvgIpc) is 2.86. The standard InChI is InChI=1S/C13H26N2O/c1-13(16,9-14)10-15-8-4-7-12(15)11-5-2-3-6-11/h11-12,16H,2-10,14H2,1H3. The van der Waals surface area contributed by atoms with Crippen LogP contribution in [0.3, 0.4) is 0 Å². The van der Waals surface area contributed by atoms with Gasteiger partial charge in [0.1, 0.15) is 0 Å². The van der Waals surface area contributed by atoms with Crippen LogP contribution in [-0.2, 0) is 0 Å². The molecule has 0 radical (unpaired) electrons. The van der Waals surface area contributed by atoms with Crippen molar-refractivity contribution in [3.05, 3.63) is 0 Å². The van der Waals surface area contributed by atoms with Crippen molar-refractivity contribution in [1.29, 1.82) is 0 Å². The zero-order valence-electron chi connectivity index (χ0n) is 10.5. The van der Waals surface area contributed by atoms with Crippen LogP contribution in [0.25, 0.3) is 0 Å². The molecule has 2 atom stereocenters. The SMILES string of the molecule is CC(O)(CN)CN1CCCC1C1CCCC1. The van der Waals surface area contributed by atoms with Gasteiger partial charge in [0.25, 0.3) is 0 Å². The lowest BCUT2D eigenvalue weighted by molar-refractivity contribution is 0.0157. The van der Waals surface area contributed by atoms with Crippen LogP contribution in [0.15, 0.2) is 0 Å². The minimum atomic E-state index is -0.707. The summed E-state index contributed by atoms with van der Waals surface area (Å²) in [6.45, 7) is 4.12. The van der Waals surface area contributed by atoms with Crippen molar-refractivity contribution < 1.29 is 5.11 Å². The summed E-state index contributed by atoms with van der Waals surface area (Å²) in [5.41, 5.74) is 4.90. The van der Waals surface area contributed by atoms with Crippen molar-refractivity contribution in [2.45, 2.75) is 57.1 Å². The van der Waals surface area contributed by atoms with Crippen molar-refractivity contribution in [1.82, 2.24) is 4.90 Å². The number of nitrogens with zero attached hydrogens (tertiary/aromatic N) is 1. The van der Waals surface area contributed by atoms with Crippen LogP contribution >= 0.6 is 0 Å². The Kier molecular flexibility index (Phi) is 3.88. The molecular weight excluding hydrogens is 200 g/mol. The maximum atomic E-state index is 10.1. The molecule has 0 aromatic heterocycles. The number of aliphatic hydroxyl groups is 1. The number of nitrogens with two attached hydrogens (primary N) is 1. The van der Waals surface area contributed by atoms with Gasteiger partial charge in [0.2, 0.25) is 0 Å². The molecule has 3 nitrogen and oxygen atoms in total. The maximum absolute atomic E-state index is 10.1. The average molecular weight is 226 g/mol. The van der Waals surface area contributed by atoms with Gasteiger partial charge in [-0.25, -0.2) is 0 Å². The molecule has 2 aliphatic rings. The minimum Gasteiger partial charge on any atom is -0.388 e. The van der Waals surface area contributed by atoms with Crippen LogP contribution < -0.4 is 5.73 Å². The van der Waals surface area contributed by atoms with Gasteiger partial charge in [-0.3, -0.25) is 4.90 Å². The molecule has 94 valence electrons. The van der Waals surface area contributed by atoms with E-state index in [1.165, 1.54) is 38.5 Å². The lowest BCUT2D eigenvalue weighted by Gasteiger charge is -2.34. The Morgan fingerprint density at radius 3 is 2.56 bits per heavy atom. The predicted molar refractivity (Wildman–Crippen MR) is 66.2 cm³/mol. The van der Waals surface area contributed by atoms with E-state index in [-0.39, 0.29) is 0 Å². The summed E-state index contributed by atoms with van der Waals surface area (Å²) in [5, 5.41) is 10.1. The van der Waals surface area contributed by atoms with Crippen LogP contribution in [-0.4, -0.2) is 41.3 Å². The lowest BCUT2D eigenvalue weighted by atomic mass is 9.95. The summed E-state index contributed by atoms with van der Waals surface area (Å²) in [7, 11) is 0. The molecule has 3 N–H and O–H groups in total. The highest BCUT2D eigenvalue weighted by atomic mass is 16.3. The summed E-state index contributed by atoms with van der Waals surface area (Å²) < 4.78 is 0. The summed E-state index contributed by atoms with van der Waals surface area (Å²) in [5.74, 6) is 0.885. The van der Waals surface area contributed by atoms with Crippen molar-refractivity contribution in [2.24, 2.45) is 11.7 Å². The summed E-state index contributed by atoms with van der Waals surface area (Å²) in [6.07, 6.45) is 8.22. The minimum absolute atomic E-state index is 0.362. The molecular formula is C13H26N2O. The summed E-state index contributed by atoms with van der Waals surface area (Å²) >= 11 is 0. The number of hydrogen-bond donors (Lipinski definition) is 2. The second-order valence-electron chi connectivity index (χ2n) is 5.93. The van der Waals surface area contributed by atoms with Gasteiger partial charge in [0.15, 0.2) is 0 Å². The molecule has 1 aliphatic carbocycles. The second kappa shape index (κ2) is 5.03. The molecule has 2 fully saturated rings. The molecule has 0 aromatic rings.